The first-order valence-electron chi connectivity index (χ1n) is 6.01. The predicted octanol–water partition coefficient (Wildman–Crippen LogP) is 1.54. The van der Waals surface area contributed by atoms with E-state index >= 15 is 0 Å². The van der Waals surface area contributed by atoms with E-state index in [4.69, 9.17) is 10.2 Å². The van der Waals surface area contributed by atoms with Crippen molar-refractivity contribution in [2.24, 2.45) is 11.7 Å². The van der Waals surface area contributed by atoms with E-state index in [1.54, 1.807) is 6.20 Å². The zero-order valence-corrected chi connectivity index (χ0v) is 10.7. The zero-order valence-electron chi connectivity index (χ0n) is 10.7. The van der Waals surface area contributed by atoms with E-state index in [-0.39, 0.29) is 17.9 Å². The van der Waals surface area contributed by atoms with Crippen molar-refractivity contribution in [1.82, 2.24) is 10.3 Å². The molecule has 1 amide bonds. The first kappa shape index (κ1) is 13.7. The Labute approximate surface area is 102 Å². The molecule has 2 atom stereocenters. The predicted molar refractivity (Wildman–Crippen MR) is 65.3 cm³/mol. The van der Waals surface area contributed by atoms with Crippen LogP contribution in [0.2, 0.25) is 0 Å². The standard InChI is InChI=1S/C12H21N3O2/c1-4-5-10(6-13)11(16)15-9(3)12-14-7-8(2)17-12/h7,9-10H,4-6,13H2,1-3H3,(H,15,16). The van der Waals surface area contributed by atoms with Crippen molar-refractivity contribution in [2.45, 2.75) is 39.7 Å². The highest BCUT2D eigenvalue weighted by Gasteiger charge is 2.20. The fourth-order valence-corrected chi connectivity index (χ4v) is 1.67. The highest BCUT2D eigenvalue weighted by atomic mass is 16.4. The molecule has 0 fully saturated rings. The molecule has 1 aromatic heterocycles. The molecule has 1 heterocycles. The molecule has 2 unspecified atom stereocenters. The van der Waals surface area contributed by atoms with Crippen molar-refractivity contribution in [2.75, 3.05) is 6.54 Å². The topological polar surface area (TPSA) is 81.2 Å². The lowest BCUT2D eigenvalue weighted by Crippen LogP contribution is -2.36. The van der Waals surface area contributed by atoms with Crippen molar-refractivity contribution in [3.63, 3.8) is 0 Å². The molecule has 0 bridgehead atoms. The third-order valence-electron chi connectivity index (χ3n) is 2.66. The smallest absolute Gasteiger partial charge is 0.225 e. The third kappa shape index (κ3) is 3.85. The molecule has 0 spiro atoms. The molecule has 1 rings (SSSR count). The maximum absolute atomic E-state index is 11.9. The van der Waals surface area contributed by atoms with Gasteiger partial charge in [0.05, 0.1) is 12.1 Å². The summed E-state index contributed by atoms with van der Waals surface area (Å²) in [6.07, 6.45) is 3.39. The van der Waals surface area contributed by atoms with Gasteiger partial charge >= 0.3 is 0 Å². The van der Waals surface area contributed by atoms with Gasteiger partial charge in [-0.1, -0.05) is 13.3 Å². The Hall–Kier alpha value is -1.36. The summed E-state index contributed by atoms with van der Waals surface area (Å²) in [6.45, 7) is 6.08. The first-order chi connectivity index (χ1) is 8.08. The molecule has 0 saturated carbocycles. The summed E-state index contributed by atoms with van der Waals surface area (Å²) in [5.74, 6) is 1.12. The number of oxazole rings is 1. The molecule has 3 N–H and O–H groups in total. The molecule has 0 aromatic carbocycles. The van der Waals surface area contributed by atoms with Crippen LogP contribution in [-0.4, -0.2) is 17.4 Å². The minimum absolute atomic E-state index is 0.0299. The number of hydrogen-bond acceptors (Lipinski definition) is 4. The Morgan fingerprint density at radius 3 is 2.82 bits per heavy atom. The molecule has 1 aromatic rings. The lowest BCUT2D eigenvalue weighted by molar-refractivity contribution is -0.125. The minimum Gasteiger partial charge on any atom is -0.444 e. The summed E-state index contributed by atoms with van der Waals surface area (Å²) in [7, 11) is 0. The molecular formula is C12H21N3O2. The van der Waals surface area contributed by atoms with Crippen molar-refractivity contribution < 1.29 is 9.21 Å². The first-order valence-corrected chi connectivity index (χ1v) is 6.01. The van der Waals surface area contributed by atoms with Gasteiger partial charge in [0.1, 0.15) is 11.8 Å². The number of carbonyl (C=O) groups is 1. The van der Waals surface area contributed by atoms with Crippen LogP contribution in [0.1, 0.15) is 44.4 Å². The van der Waals surface area contributed by atoms with Crippen LogP contribution in [0.4, 0.5) is 0 Å². The van der Waals surface area contributed by atoms with Gasteiger partial charge in [0.25, 0.3) is 0 Å². The average molecular weight is 239 g/mol. The number of aromatic nitrogens is 1. The molecule has 0 aliphatic rings. The van der Waals surface area contributed by atoms with Gasteiger partial charge in [-0.15, -0.1) is 0 Å². The van der Waals surface area contributed by atoms with Crippen LogP contribution in [0.5, 0.6) is 0 Å². The highest BCUT2D eigenvalue weighted by Crippen LogP contribution is 2.13. The normalized spacial score (nSPS) is 14.4. The Bertz CT molecular complexity index is 362. The summed E-state index contributed by atoms with van der Waals surface area (Å²) in [6, 6.07) is -0.220. The number of aryl methyl sites for hydroxylation is 1. The molecule has 0 radical (unpaired) electrons. The molecule has 0 saturated heterocycles. The summed E-state index contributed by atoms with van der Waals surface area (Å²) in [4.78, 5) is 16.0. The highest BCUT2D eigenvalue weighted by molar-refractivity contribution is 5.79. The van der Waals surface area contributed by atoms with E-state index in [0.717, 1.165) is 18.6 Å². The summed E-state index contributed by atoms with van der Waals surface area (Å²) >= 11 is 0. The van der Waals surface area contributed by atoms with Crippen molar-refractivity contribution in [1.29, 1.82) is 0 Å². The van der Waals surface area contributed by atoms with Crippen LogP contribution >= 0.6 is 0 Å². The van der Waals surface area contributed by atoms with Crippen molar-refractivity contribution in [3.8, 4) is 0 Å². The van der Waals surface area contributed by atoms with Crippen LogP contribution in [0.15, 0.2) is 10.6 Å². The Morgan fingerprint density at radius 2 is 2.35 bits per heavy atom. The van der Waals surface area contributed by atoms with Crippen LogP contribution in [0, 0.1) is 12.8 Å². The van der Waals surface area contributed by atoms with Crippen LogP contribution in [-0.2, 0) is 4.79 Å². The van der Waals surface area contributed by atoms with Crippen molar-refractivity contribution in [3.05, 3.63) is 17.8 Å². The molecule has 5 heteroatoms. The fourth-order valence-electron chi connectivity index (χ4n) is 1.67. The number of hydrogen-bond donors (Lipinski definition) is 2. The zero-order chi connectivity index (χ0) is 12.8. The average Bonchev–Trinajstić information content (AvgIpc) is 2.72. The van der Waals surface area contributed by atoms with E-state index in [0.29, 0.717) is 12.4 Å². The second-order valence-electron chi connectivity index (χ2n) is 4.26. The number of nitrogens with one attached hydrogen (secondary N) is 1. The number of rotatable bonds is 6. The van der Waals surface area contributed by atoms with Crippen LogP contribution in [0.25, 0.3) is 0 Å². The van der Waals surface area contributed by atoms with E-state index in [1.807, 2.05) is 20.8 Å². The molecule has 96 valence electrons. The van der Waals surface area contributed by atoms with Crippen molar-refractivity contribution >= 4 is 5.91 Å². The van der Waals surface area contributed by atoms with E-state index < -0.39 is 0 Å². The molecule has 5 nitrogen and oxygen atoms in total. The number of nitrogens with zero attached hydrogens (tertiary/aromatic N) is 1. The van der Waals surface area contributed by atoms with Gasteiger partial charge in [0, 0.05) is 6.54 Å². The number of nitrogens with two attached hydrogens (primary N) is 1. The van der Waals surface area contributed by atoms with Gasteiger partial charge < -0.3 is 15.5 Å². The number of amides is 1. The summed E-state index contributed by atoms with van der Waals surface area (Å²) in [5.41, 5.74) is 5.58. The number of carbonyl (C=O) groups excluding carboxylic acids is 1. The lowest BCUT2D eigenvalue weighted by Gasteiger charge is -2.16. The SMILES string of the molecule is CCCC(CN)C(=O)NC(C)c1ncc(C)o1. The van der Waals surface area contributed by atoms with Gasteiger partial charge in [-0.25, -0.2) is 4.98 Å². The lowest BCUT2D eigenvalue weighted by atomic mass is 10.0. The molecular weight excluding hydrogens is 218 g/mol. The molecule has 0 aliphatic heterocycles. The molecule has 0 aliphatic carbocycles. The maximum Gasteiger partial charge on any atom is 0.225 e. The van der Waals surface area contributed by atoms with E-state index in [2.05, 4.69) is 10.3 Å². The Morgan fingerprint density at radius 1 is 1.65 bits per heavy atom. The van der Waals surface area contributed by atoms with Crippen LogP contribution < -0.4 is 11.1 Å². The Balaban J connectivity index is 2.55. The minimum atomic E-state index is -0.220. The second kappa shape index (κ2) is 6.39. The maximum atomic E-state index is 11.9. The fraction of sp³-hybridized carbons (Fsp3) is 0.667. The third-order valence-corrected chi connectivity index (χ3v) is 2.66. The largest absolute Gasteiger partial charge is 0.444 e. The van der Waals surface area contributed by atoms with Gasteiger partial charge in [-0.3, -0.25) is 4.79 Å². The quantitative estimate of drug-likeness (QED) is 0.789. The van der Waals surface area contributed by atoms with Gasteiger partial charge in [-0.2, -0.15) is 0 Å². The van der Waals surface area contributed by atoms with Gasteiger partial charge in [-0.05, 0) is 20.3 Å². The van der Waals surface area contributed by atoms with Crippen LogP contribution in [0.3, 0.4) is 0 Å². The monoisotopic (exact) mass is 239 g/mol. The summed E-state index contributed by atoms with van der Waals surface area (Å²) in [5, 5.41) is 2.87. The van der Waals surface area contributed by atoms with E-state index in [9.17, 15) is 4.79 Å². The van der Waals surface area contributed by atoms with E-state index in [1.165, 1.54) is 0 Å². The van der Waals surface area contributed by atoms with Gasteiger partial charge in [0.15, 0.2) is 0 Å². The molecule has 17 heavy (non-hydrogen) atoms. The van der Waals surface area contributed by atoms with Gasteiger partial charge in [0.2, 0.25) is 11.8 Å². The second-order valence-corrected chi connectivity index (χ2v) is 4.26. The Kier molecular flexibility index (Phi) is 5.15. The summed E-state index contributed by atoms with van der Waals surface area (Å²) < 4.78 is 5.36.